The molecule has 2 aromatic carbocycles. The highest BCUT2D eigenvalue weighted by atomic mass is 15.0. The predicted octanol–water partition coefficient (Wildman–Crippen LogP) is 4.56. The normalized spacial score (nSPS) is 17.8. The molecule has 2 aromatic rings. The van der Waals surface area contributed by atoms with Crippen LogP contribution in [0.5, 0.6) is 0 Å². The van der Waals surface area contributed by atoms with Gasteiger partial charge in [-0.15, -0.1) is 0 Å². The SMILES string of the molecule is CC(C)(C)NC1C=C(c2ccccc2)c2ccccc21. The van der Waals surface area contributed by atoms with Crippen LogP contribution in [0.1, 0.15) is 43.5 Å². The molecule has 20 heavy (non-hydrogen) atoms. The maximum atomic E-state index is 3.70. The summed E-state index contributed by atoms with van der Waals surface area (Å²) >= 11 is 0. The summed E-state index contributed by atoms with van der Waals surface area (Å²) in [5, 5.41) is 3.70. The number of nitrogens with one attached hydrogen (secondary N) is 1. The van der Waals surface area contributed by atoms with Crippen LogP contribution in [-0.4, -0.2) is 5.54 Å². The van der Waals surface area contributed by atoms with E-state index in [-0.39, 0.29) is 5.54 Å². The third-order valence-corrected chi connectivity index (χ3v) is 3.59. The van der Waals surface area contributed by atoms with Crippen molar-refractivity contribution in [2.75, 3.05) is 0 Å². The Balaban J connectivity index is 2.05. The van der Waals surface area contributed by atoms with Crippen molar-refractivity contribution in [1.29, 1.82) is 0 Å². The fraction of sp³-hybridized carbons (Fsp3) is 0.263. The molecule has 1 unspecified atom stereocenters. The molecule has 0 bridgehead atoms. The molecule has 0 spiro atoms. The average Bonchev–Trinajstić information content (AvgIpc) is 2.77. The van der Waals surface area contributed by atoms with Gasteiger partial charge in [-0.3, -0.25) is 0 Å². The Morgan fingerprint density at radius 3 is 2.20 bits per heavy atom. The summed E-state index contributed by atoms with van der Waals surface area (Å²) in [5.74, 6) is 0. The first kappa shape index (κ1) is 13.1. The van der Waals surface area contributed by atoms with E-state index in [2.05, 4.69) is 86.8 Å². The zero-order chi connectivity index (χ0) is 14.2. The van der Waals surface area contributed by atoms with E-state index in [1.165, 1.54) is 22.3 Å². The Morgan fingerprint density at radius 2 is 1.50 bits per heavy atom. The molecule has 0 radical (unpaired) electrons. The Hall–Kier alpha value is -1.86. The minimum Gasteiger partial charge on any atom is -0.302 e. The number of hydrogen-bond acceptors (Lipinski definition) is 1. The van der Waals surface area contributed by atoms with Crippen LogP contribution in [0.2, 0.25) is 0 Å². The molecule has 0 aromatic heterocycles. The van der Waals surface area contributed by atoms with Crippen molar-refractivity contribution in [3.05, 3.63) is 77.4 Å². The number of benzene rings is 2. The first-order valence-corrected chi connectivity index (χ1v) is 7.19. The lowest BCUT2D eigenvalue weighted by Crippen LogP contribution is -2.37. The van der Waals surface area contributed by atoms with Crippen LogP contribution in [0.3, 0.4) is 0 Å². The summed E-state index contributed by atoms with van der Waals surface area (Å²) in [4.78, 5) is 0. The molecule has 0 aliphatic heterocycles. The smallest absolute Gasteiger partial charge is 0.0525 e. The van der Waals surface area contributed by atoms with Crippen molar-refractivity contribution in [2.45, 2.75) is 32.4 Å². The topological polar surface area (TPSA) is 12.0 Å². The molecule has 1 aliphatic carbocycles. The minimum atomic E-state index is 0.0976. The molecule has 0 saturated heterocycles. The van der Waals surface area contributed by atoms with E-state index in [1.54, 1.807) is 0 Å². The maximum Gasteiger partial charge on any atom is 0.0525 e. The van der Waals surface area contributed by atoms with Gasteiger partial charge in [0.2, 0.25) is 0 Å². The average molecular weight is 263 g/mol. The van der Waals surface area contributed by atoms with Crippen LogP contribution in [0.15, 0.2) is 60.7 Å². The predicted molar refractivity (Wildman–Crippen MR) is 85.6 cm³/mol. The zero-order valence-corrected chi connectivity index (χ0v) is 12.4. The number of rotatable bonds is 2. The van der Waals surface area contributed by atoms with Crippen molar-refractivity contribution in [3.8, 4) is 0 Å². The van der Waals surface area contributed by atoms with Crippen molar-refractivity contribution < 1.29 is 0 Å². The van der Waals surface area contributed by atoms with Crippen molar-refractivity contribution in [3.63, 3.8) is 0 Å². The Morgan fingerprint density at radius 1 is 0.850 bits per heavy atom. The van der Waals surface area contributed by atoms with Crippen LogP contribution < -0.4 is 5.32 Å². The van der Waals surface area contributed by atoms with Gasteiger partial charge >= 0.3 is 0 Å². The Bertz CT molecular complexity index is 632. The highest BCUT2D eigenvalue weighted by molar-refractivity contribution is 5.85. The summed E-state index contributed by atoms with van der Waals surface area (Å²) in [6.45, 7) is 6.64. The van der Waals surface area contributed by atoms with E-state index in [9.17, 15) is 0 Å². The monoisotopic (exact) mass is 263 g/mol. The highest BCUT2D eigenvalue weighted by Gasteiger charge is 2.26. The molecule has 1 aliphatic rings. The highest BCUT2D eigenvalue weighted by Crippen LogP contribution is 2.38. The lowest BCUT2D eigenvalue weighted by Gasteiger charge is -2.25. The molecular weight excluding hydrogens is 242 g/mol. The van der Waals surface area contributed by atoms with Crippen molar-refractivity contribution >= 4 is 5.57 Å². The summed E-state index contributed by atoms with van der Waals surface area (Å²) in [6, 6.07) is 19.6. The Labute approximate surface area is 121 Å². The third-order valence-electron chi connectivity index (χ3n) is 3.59. The van der Waals surface area contributed by atoms with Gasteiger partial charge in [-0.2, -0.15) is 0 Å². The van der Waals surface area contributed by atoms with Gasteiger partial charge < -0.3 is 5.32 Å². The largest absolute Gasteiger partial charge is 0.302 e. The number of hydrogen-bond donors (Lipinski definition) is 1. The van der Waals surface area contributed by atoms with Gasteiger partial charge in [0.1, 0.15) is 0 Å². The number of fused-ring (bicyclic) bond motifs is 1. The van der Waals surface area contributed by atoms with Crippen LogP contribution in [0, 0.1) is 0 Å². The van der Waals surface area contributed by atoms with Crippen LogP contribution >= 0.6 is 0 Å². The van der Waals surface area contributed by atoms with E-state index in [0.717, 1.165) is 0 Å². The summed E-state index contributed by atoms with van der Waals surface area (Å²) in [6.07, 6.45) is 2.35. The van der Waals surface area contributed by atoms with E-state index in [4.69, 9.17) is 0 Å². The second-order valence-corrected chi connectivity index (χ2v) is 6.41. The lowest BCUT2D eigenvalue weighted by molar-refractivity contribution is 0.399. The van der Waals surface area contributed by atoms with Gasteiger partial charge in [-0.05, 0) is 43.0 Å². The second-order valence-electron chi connectivity index (χ2n) is 6.41. The summed E-state index contributed by atoms with van der Waals surface area (Å²) < 4.78 is 0. The fourth-order valence-corrected chi connectivity index (χ4v) is 2.82. The summed E-state index contributed by atoms with van der Waals surface area (Å²) in [7, 11) is 0. The standard InChI is InChI=1S/C19H21N/c1-19(2,3)20-18-13-17(14-9-5-4-6-10-14)15-11-7-8-12-16(15)18/h4-13,18,20H,1-3H3. The molecule has 0 amide bonds. The first-order valence-electron chi connectivity index (χ1n) is 7.19. The maximum absolute atomic E-state index is 3.70. The van der Waals surface area contributed by atoms with Gasteiger partial charge in [-0.1, -0.05) is 60.7 Å². The van der Waals surface area contributed by atoms with E-state index < -0.39 is 0 Å². The molecule has 3 rings (SSSR count). The second kappa shape index (κ2) is 4.92. The molecule has 0 fully saturated rings. The van der Waals surface area contributed by atoms with E-state index in [1.807, 2.05) is 0 Å². The van der Waals surface area contributed by atoms with Gasteiger partial charge in [0.05, 0.1) is 6.04 Å². The van der Waals surface area contributed by atoms with E-state index in [0.29, 0.717) is 6.04 Å². The van der Waals surface area contributed by atoms with Crippen LogP contribution in [0.25, 0.3) is 5.57 Å². The van der Waals surface area contributed by atoms with Gasteiger partial charge in [0, 0.05) is 5.54 Å². The molecule has 1 nitrogen and oxygen atoms in total. The molecule has 1 atom stereocenters. The van der Waals surface area contributed by atoms with Gasteiger partial charge in [0.25, 0.3) is 0 Å². The zero-order valence-electron chi connectivity index (χ0n) is 12.4. The quantitative estimate of drug-likeness (QED) is 0.837. The molecule has 0 heterocycles. The van der Waals surface area contributed by atoms with Crippen molar-refractivity contribution in [1.82, 2.24) is 5.32 Å². The first-order chi connectivity index (χ1) is 9.54. The molecule has 0 saturated carbocycles. The van der Waals surface area contributed by atoms with Gasteiger partial charge in [0.15, 0.2) is 0 Å². The van der Waals surface area contributed by atoms with Crippen LogP contribution in [-0.2, 0) is 0 Å². The molecule has 1 N–H and O–H groups in total. The van der Waals surface area contributed by atoms with Crippen molar-refractivity contribution in [2.24, 2.45) is 0 Å². The molecular formula is C19H21N. The Kier molecular flexibility index (Phi) is 3.23. The molecule has 102 valence electrons. The lowest BCUT2D eigenvalue weighted by atomic mass is 9.99. The van der Waals surface area contributed by atoms with Gasteiger partial charge in [-0.25, -0.2) is 0 Å². The van der Waals surface area contributed by atoms with Crippen LogP contribution in [0.4, 0.5) is 0 Å². The fourth-order valence-electron chi connectivity index (χ4n) is 2.82. The van der Waals surface area contributed by atoms with E-state index >= 15 is 0 Å². The third kappa shape index (κ3) is 2.54. The minimum absolute atomic E-state index is 0.0976. The summed E-state index contributed by atoms with van der Waals surface area (Å²) in [5.41, 5.74) is 5.45. The molecule has 1 heteroatoms.